The maximum Gasteiger partial charge on any atom is 0.238 e. The van der Waals surface area contributed by atoms with Crippen LogP contribution in [0.15, 0.2) is 46.9 Å². The zero-order chi connectivity index (χ0) is 18.5. The second-order valence-electron chi connectivity index (χ2n) is 7.05. The molecule has 0 aromatic heterocycles. The van der Waals surface area contributed by atoms with Gasteiger partial charge >= 0.3 is 0 Å². The molecule has 2 aromatic carbocycles. The number of anilines is 1. The summed E-state index contributed by atoms with van der Waals surface area (Å²) in [6.07, 6.45) is 0. The number of rotatable bonds is 5. The molecule has 1 heterocycles. The summed E-state index contributed by atoms with van der Waals surface area (Å²) < 4.78 is 1.03. The third-order valence-corrected chi connectivity index (χ3v) is 5.28. The van der Waals surface area contributed by atoms with Crippen LogP contribution in [0.2, 0.25) is 0 Å². The molecule has 1 fully saturated rings. The highest BCUT2D eigenvalue weighted by Crippen LogP contribution is 2.20. The second-order valence-corrected chi connectivity index (χ2v) is 7.96. The normalized spacial score (nSPS) is 15.8. The molecule has 5 heteroatoms. The van der Waals surface area contributed by atoms with Crippen molar-refractivity contribution < 1.29 is 4.79 Å². The summed E-state index contributed by atoms with van der Waals surface area (Å²) in [4.78, 5) is 17.0. The van der Waals surface area contributed by atoms with Crippen molar-refractivity contribution in [3.05, 3.63) is 63.6 Å². The van der Waals surface area contributed by atoms with Crippen LogP contribution in [0.1, 0.15) is 16.7 Å². The number of carbonyl (C=O) groups is 1. The Labute approximate surface area is 164 Å². The molecule has 0 radical (unpaired) electrons. The van der Waals surface area contributed by atoms with E-state index in [9.17, 15) is 4.79 Å². The molecule has 2 aromatic rings. The van der Waals surface area contributed by atoms with E-state index in [0.29, 0.717) is 6.54 Å². The van der Waals surface area contributed by atoms with Gasteiger partial charge in [-0.1, -0.05) is 45.8 Å². The summed E-state index contributed by atoms with van der Waals surface area (Å²) in [7, 11) is 0. The van der Waals surface area contributed by atoms with Crippen molar-refractivity contribution in [2.75, 3.05) is 38.0 Å². The molecule has 4 nitrogen and oxygen atoms in total. The lowest BCUT2D eigenvalue weighted by atomic mass is 10.1. The minimum atomic E-state index is 0.0579. The molecule has 138 valence electrons. The molecule has 3 rings (SSSR count). The van der Waals surface area contributed by atoms with Crippen LogP contribution < -0.4 is 5.32 Å². The molecule has 0 aliphatic carbocycles. The maximum absolute atomic E-state index is 12.3. The van der Waals surface area contributed by atoms with Crippen LogP contribution in [0.25, 0.3) is 0 Å². The molecule has 1 saturated heterocycles. The number of aryl methyl sites for hydroxylation is 2. The van der Waals surface area contributed by atoms with E-state index in [1.807, 2.05) is 25.1 Å². The molecule has 1 aliphatic heterocycles. The predicted octanol–water partition coefficient (Wildman–Crippen LogP) is 3.82. The SMILES string of the molecule is Cc1cccc(CN2CCN(CC(=O)Nc3ccc(Br)cc3C)CC2)c1. The van der Waals surface area contributed by atoms with E-state index in [-0.39, 0.29) is 5.91 Å². The highest BCUT2D eigenvalue weighted by atomic mass is 79.9. The predicted molar refractivity (Wildman–Crippen MR) is 110 cm³/mol. The molecule has 1 aliphatic rings. The molecule has 26 heavy (non-hydrogen) atoms. The number of hydrogen-bond acceptors (Lipinski definition) is 3. The Morgan fingerprint density at radius 3 is 2.46 bits per heavy atom. The molecular weight excluding hydrogens is 390 g/mol. The van der Waals surface area contributed by atoms with Crippen molar-refractivity contribution in [1.29, 1.82) is 0 Å². The fourth-order valence-electron chi connectivity index (χ4n) is 3.33. The van der Waals surface area contributed by atoms with Gasteiger partial charge in [-0.05, 0) is 43.2 Å². The first kappa shape index (κ1) is 19.1. The van der Waals surface area contributed by atoms with Gasteiger partial charge in [0.1, 0.15) is 0 Å². The number of nitrogens with zero attached hydrogens (tertiary/aromatic N) is 2. The van der Waals surface area contributed by atoms with Gasteiger partial charge in [-0.15, -0.1) is 0 Å². The van der Waals surface area contributed by atoms with Gasteiger partial charge in [0.15, 0.2) is 0 Å². The van der Waals surface area contributed by atoms with Gasteiger partial charge < -0.3 is 5.32 Å². The molecule has 0 bridgehead atoms. The van der Waals surface area contributed by atoms with E-state index in [2.05, 4.69) is 62.2 Å². The van der Waals surface area contributed by atoms with E-state index >= 15 is 0 Å². The van der Waals surface area contributed by atoms with Crippen LogP contribution in [-0.2, 0) is 11.3 Å². The number of carbonyl (C=O) groups excluding carboxylic acids is 1. The van der Waals surface area contributed by atoms with Crippen LogP contribution in [0.5, 0.6) is 0 Å². The van der Waals surface area contributed by atoms with E-state index in [1.165, 1.54) is 11.1 Å². The minimum absolute atomic E-state index is 0.0579. The van der Waals surface area contributed by atoms with Crippen LogP contribution in [0.3, 0.4) is 0 Å². The van der Waals surface area contributed by atoms with Gasteiger partial charge in [0.2, 0.25) is 5.91 Å². The zero-order valence-corrected chi connectivity index (χ0v) is 17.1. The van der Waals surface area contributed by atoms with Crippen LogP contribution in [-0.4, -0.2) is 48.4 Å². The number of benzene rings is 2. The van der Waals surface area contributed by atoms with Gasteiger partial charge in [-0.3, -0.25) is 14.6 Å². The molecule has 1 N–H and O–H groups in total. The quantitative estimate of drug-likeness (QED) is 0.805. The summed E-state index contributed by atoms with van der Waals surface area (Å²) in [5, 5.41) is 3.03. The Balaban J connectivity index is 1.45. The third-order valence-electron chi connectivity index (χ3n) is 4.78. The van der Waals surface area contributed by atoms with Gasteiger partial charge in [0.05, 0.1) is 6.54 Å². The van der Waals surface area contributed by atoms with Crippen molar-refractivity contribution in [2.24, 2.45) is 0 Å². The molecule has 1 amide bonds. The topological polar surface area (TPSA) is 35.6 Å². The number of amides is 1. The molecule has 0 saturated carbocycles. The summed E-state index contributed by atoms with van der Waals surface area (Å²) in [5.41, 5.74) is 4.62. The molecule has 0 unspecified atom stereocenters. The highest BCUT2D eigenvalue weighted by Gasteiger charge is 2.19. The first-order valence-corrected chi connectivity index (χ1v) is 9.85. The van der Waals surface area contributed by atoms with Crippen LogP contribution in [0, 0.1) is 13.8 Å². The smallest absolute Gasteiger partial charge is 0.238 e. The van der Waals surface area contributed by atoms with E-state index in [1.54, 1.807) is 0 Å². The molecular formula is C21H26BrN3O. The van der Waals surface area contributed by atoms with Gasteiger partial charge in [0, 0.05) is 42.9 Å². The van der Waals surface area contributed by atoms with Crippen molar-refractivity contribution in [1.82, 2.24) is 9.80 Å². The standard InChI is InChI=1S/C21H26BrN3O/c1-16-4-3-5-18(12-16)14-24-8-10-25(11-9-24)15-21(26)23-20-7-6-19(22)13-17(20)2/h3-7,12-13H,8-11,14-15H2,1-2H3,(H,23,26). The van der Waals surface area contributed by atoms with Crippen LogP contribution in [0.4, 0.5) is 5.69 Å². The van der Waals surface area contributed by atoms with E-state index < -0.39 is 0 Å². The molecule has 0 spiro atoms. The lowest BCUT2D eigenvalue weighted by Gasteiger charge is -2.34. The Hall–Kier alpha value is -1.69. The van der Waals surface area contributed by atoms with Crippen molar-refractivity contribution in [2.45, 2.75) is 20.4 Å². The van der Waals surface area contributed by atoms with Crippen molar-refractivity contribution >= 4 is 27.5 Å². The monoisotopic (exact) mass is 415 g/mol. The second kappa shape index (κ2) is 8.80. The Morgan fingerprint density at radius 1 is 1.04 bits per heavy atom. The first-order chi connectivity index (χ1) is 12.5. The van der Waals surface area contributed by atoms with Gasteiger partial charge in [0.25, 0.3) is 0 Å². The summed E-state index contributed by atoms with van der Waals surface area (Å²) in [6, 6.07) is 14.6. The number of halogens is 1. The lowest BCUT2D eigenvalue weighted by Crippen LogP contribution is -2.48. The lowest BCUT2D eigenvalue weighted by molar-refractivity contribution is -0.117. The average Bonchev–Trinajstić information content (AvgIpc) is 2.59. The maximum atomic E-state index is 12.3. The fraction of sp³-hybridized carbons (Fsp3) is 0.381. The first-order valence-electron chi connectivity index (χ1n) is 9.06. The van der Waals surface area contributed by atoms with Crippen molar-refractivity contribution in [3.8, 4) is 0 Å². The molecule has 0 atom stereocenters. The summed E-state index contributed by atoms with van der Waals surface area (Å²) >= 11 is 3.45. The van der Waals surface area contributed by atoms with Crippen LogP contribution >= 0.6 is 15.9 Å². The third kappa shape index (κ3) is 5.40. The zero-order valence-electron chi connectivity index (χ0n) is 15.5. The van der Waals surface area contributed by atoms with Gasteiger partial charge in [-0.2, -0.15) is 0 Å². The van der Waals surface area contributed by atoms with E-state index in [4.69, 9.17) is 0 Å². The Morgan fingerprint density at radius 2 is 1.77 bits per heavy atom. The Bertz CT molecular complexity index is 770. The van der Waals surface area contributed by atoms with Crippen molar-refractivity contribution in [3.63, 3.8) is 0 Å². The van der Waals surface area contributed by atoms with Gasteiger partial charge in [-0.25, -0.2) is 0 Å². The highest BCUT2D eigenvalue weighted by molar-refractivity contribution is 9.10. The number of piperazine rings is 1. The minimum Gasteiger partial charge on any atom is -0.325 e. The summed E-state index contributed by atoms with van der Waals surface area (Å²) in [6.45, 7) is 9.43. The number of hydrogen-bond donors (Lipinski definition) is 1. The van der Waals surface area contributed by atoms with E-state index in [0.717, 1.165) is 48.4 Å². The fourth-order valence-corrected chi connectivity index (χ4v) is 3.81. The summed E-state index contributed by atoms with van der Waals surface area (Å²) in [5.74, 6) is 0.0579. The largest absolute Gasteiger partial charge is 0.325 e. The number of nitrogens with one attached hydrogen (secondary N) is 1. The Kier molecular flexibility index (Phi) is 6.46. The average molecular weight is 416 g/mol.